The quantitative estimate of drug-likeness (QED) is 0.799. The average molecular weight is 215 g/mol. The Morgan fingerprint density at radius 1 is 1.12 bits per heavy atom. The van der Waals surface area contributed by atoms with Gasteiger partial charge in [-0.15, -0.1) is 0 Å². The van der Waals surface area contributed by atoms with Crippen LogP contribution >= 0.6 is 0 Å². The highest BCUT2D eigenvalue weighted by molar-refractivity contribution is 5.55. The summed E-state index contributed by atoms with van der Waals surface area (Å²) in [5.74, 6) is 0.664. The summed E-state index contributed by atoms with van der Waals surface area (Å²) < 4.78 is 0. The first-order chi connectivity index (χ1) is 7.65. The monoisotopic (exact) mass is 215 g/mol. The van der Waals surface area contributed by atoms with Crippen molar-refractivity contribution in [2.24, 2.45) is 0 Å². The van der Waals surface area contributed by atoms with Crippen LogP contribution < -0.4 is 11.1 Å². The first kappa shape index (κ1) is 10.4. The lowest BCUT2D eigenvalue weighted by molar-refractivity contribution is 1.07. The van der Waals surface area contributed by atoms with E-state index in [1.807, 2.05) is 18.2 Å². The fourth-order valence-corrected chi connectivity index (χ4v) is 1.32. The van der Waals surface area contributed by atoms with E-state index in [0.29, 0.717) is 5.95 Å². The topological polar surface area (TPSA) is 76.7 Å². The van der Waals surface area contributed by atoms with Crippen LogP contribution in [0.1, 0.15) is 11.1 Å². The summed E-state index contributed by atoms with van der Waals surface area (Å²) in [5, 5.41) is 3.07. The fraction of sp³-hybridized carbons (Fsp3) is 0.182. The minimum absolute atomic E-state index is 0.210. The molecule has 3 N–H and O–H groups in total. The zero-order valence-corrected chi connectivity index (χ0v) is 9.23. The van der Waals surface area contributed by atoms with Gasteiger partial charge in [-0.25, -0.2) is 9.97 Å². The standard InChI is InChI=1S/C11H13N5/c1-7-3-4-9(5-8(7)2)15-11-14-6-13-10(12)16-11/h3-6H,1-2H3,(H3,12,13,14,15,16). The maximum Gasteiger partial charge on any atom is 0.231 e. The molecular formula is C11H13N5. The second-order valence-corrected chi connectivity index (χ2v) is 3.59. The molecule has 1 aromatic carbocycles. The molecule has 0 amide bonds. The van der Waals surface area contributed by atoms with Gasteiger partial charge in [-0.3, -0.25) is 0 Å². The lowest BCUT2D eigenvalue weighted by atomic mass is 10.1. The summed E-state index contributed by atoms with van der Waals surface area (Å²) in [5.41, 5.74) is 8.87. The number of anilines is 3. The van der Waals surface area contributed by atoms with Crippen molar-refractivity contribution in [3.63, 3.8) is 0 Å². The van der Waals surface area contributed by atoms with Gasteiger partial charge < -0.3 is 11.1 Å². The fourth-order valence-electron chi connectivity index (χ4n) is 1.32. The van der Waals surface area contributed by atoms with Gasteiger partial charge in [0.25, 0.3) is 0 Å². The molecule has 0 fully saturated rings. The zero-order valence-electron chi connectivity index (χ0n) is 9.23. The Morgan fingerprint density at radius 3 is 2.62 bits per heavy atom. The molecule has 1 aromatic heterocycles. The summed E-state index contributed by atoms with van der Waals surface area (Å²) in [7, 11) is 0. The molecule has 5 heteroatoms. The van der Waals surface area contributed by atoms with Crippen LogP contribution in [-0.2, 0) is 0 Å². The second-order valence-electron chi connectivity index (χ2n) is 3.59. The van der Waals surface area contributed by atoms with Gasteiger partial charge in [-0.2, -0.15) is 4.98 Å². The molecule has 0 spiro atoms. The number of rotatable bonds is 2. The molecule has 2 rings (SSSR count). The number of nitrogen functional groups attached to an aromatic ring is 1. The molecule has 0 aliphatic carbocycles. The number of nitrogens with one attached hydrogen (secondary N) is 1. The first-order valence-electron chi connectivity index (χ1n) is 4.94. The molecule has 0 bridgehead atoms. The predicted octanol–water partition coefficient (Wildman–Crippen LogP) is 1.81. The molecule has 5 nitrogen and oxygen atoms in total. The molecule has 2 aromatic rings. The highest BCUT2D eigenvalue weighted by atomic mass is 15.2. The number of nitrogens with two attached hydrogens (primary N) is 1. The third-order valence-corrected chi connectivity index (χ3v) is 2.35. The molecule has 1 heterocycles. The Labute approximate surface area is 93.8 Å². The van der Waals surface area contributed by atoms with E-state index < -0.39 is 0 Å². The Bertz CT molecular complexity index is 509. The Morgan fingerprint density at radius 2 is 1.94 bits per heavy atom. The van der Waals surface area contributed by atoms with E-state index in [0.717, 1.165) is 5.69 Å². The molecule has 0 atom stereocenters. The third-order valence-electron chi connectivity index (χ3n) is 2.35. The van der Waals surface area contributed by atoms with Crippen molar-refractivity contribution >= 4 is 17.6 Å². The minimum Gasteiger partial charge on any atom is -0.368 e. The van der Waals surface area contributed by atoms with E-state index in [1.165, 1.54) is 17.5 Å². The molecule has 0 saturated heterocycles. The van der Waals surface area contributed by atoms with E-state index >= 15 is 0 Å². The van der Waals surface area contributed by atoms with E-state index in [4.69, 9.17) is 5.73 Å². The molecule has 82 valence electrons. The number of aryl methyl sites for hydroxylation is 2. The van der Waals surface area contributed by atoms with Crippen molar-refractivity contribution in [2.45, 2.75) is 13.8 Å². The summed E-state index contributed by atoms with van der Waals surface area (Å²) >= 11 is 0. The molecule has 0 radical (unpaired) electrons. The van der Waals surface area contributed by atoms with Crippen molar-refractivity contribution < 1.29 is 0 Å². The van der Waals surface area contributed by atoms with Gasteiger partial charge in [0.15, 0.2) is 0 Å². The van der Waals surface area contributed by atoms with Crippen molar-refractivity contribution in [1.82, 2.24) is 15.0 Å². The van der Waals surface area contributed by atoms with E-state index in [-0.39, 0.29) is 5.95 Å². The zero-order chi connectivity index (χ0) is 11.5. The van der Waals surface area contributed by atoms with Crippen molar-refractivity contribution in [1.29, 1.82) is 0 Å². The number of hydrogen-bond acceptors (Lipinski definition) is 5. The SMILES string of the molecule is Cc1ccc(Nc2ncnc(N)n2)cc1C. The highest BCUT2D eigenvalue weighted by Crippen LogP contribution is 2.16. The van der Waals surface area contributed by atoms with Crippen LogP contribution in [-0.4, -0.2) is 15.0 Å². The van der Waals surface area contributed by atoms with Crippen LogP contribution in [0, 0.1) is 13.8 Å². The predicted molar refractivity (Wildman–Crippen MR) is 63.4 cm³/mol. The maximum atomic E-state index is 5.46. The summed E-state index contributed by atoms with van der Waals surface area (Å²) in [6, 6.07) is 6.06. The van der Waals surface area contributed by atoms with Gasteiger partial charge in [0.05, 0.1) is 0 Å². The molecule has 16 heavy (non-hydrogen) atoms. The smallest absolute Gasteiger partial charge is 0.231 e. The van der Waals surface area contributed by atoms with Crippen molar-refractivity contribution in [3.8, 4) is 0 Å². The molecule has 0 aliphatic rings. The Kier molecular flexibility index (Phi) is 2.68. The molecule has 0 unspecified atom stereocenters. The maximum absolute atomic E-state index is 5.46. The lowest BCUT2D eigenvalue weighted by Gasteiger charge is -2.06. The first-order valence-corrected chi connectivity index (χ1v) is 4.94. The van der Waals surface area contributed by atoms with Gasteiger partial charge in [0.2, 0.25) is 11.9 Å². The van der Waals surface area contributed by atoms with E-state index in [1.54, 1.807) is 0 Å². The third kappa shape index (κ3) is 2.25. The number of hydrogen-bond donors (Lipinski definition) is 2. The minimum atomic E-state index is 0.210. The van der Waals surface area contributed by atoms with Crippen LogP contribution in [0.4, 0.5) is 17.6 Å². The van der Waals surface area contributed by atoms with Crippen LogP contribution in [0.15, 0.2) is 24.5 Å². The van der Waals surface area contributed by atoms with Gasteiger partial charge in [0.1, 0.15) is 6.33 Å². The molecule has 0 saturated carbocycles. The van der Waals surface area contributed by atoms with Gasteiger partial charge in [0, 0.05) is 5.69 Å². The second kappa shape index (κ2) is 4.14. The number of aromatic nitrogens is 3. The summed E-state index contributed by atoms with van der Waals surface area (Å²) in [6.45, 7) is 4.13. The van der Waals surface area contributed by atoms with Gasteiger partial charge in [-0.05, 0) is 37.1 Å². The Balaban J connectivity index is 2.24. The van der Waals surface area contributed by atoms with Crippen LogP contribution in [0.3, 0.4) is 0 Å². The van der Waals surface area contributed by atoms with Crippen LogP contribution in [0.5, 0.6) is 0 Å². The Hall–Kier alpha value is -2.17. The average Bonchev–Trinajstić information content (AvgIpc) is 2.24. The summed E-state index contributed by atoms with van der Waals surface area (Å²) in [4.78, 5) is 11.7. The van der Waals surface area contributed by atoms with Crippen molar-refractivity contribution in [2.75, 3.05) is 11.1 Å². The number of benzene rings is 1. The largest absolute Gasteiger partial charge is 0.368 e. The van der Waals surface area contributed by atoms with E-state index in [2.05, 4.69) is 34.1 Å². The number of nitrogens with zero attached hydrogens (tertiary/aromatic N) is 3. The van der Waals surface area contributed by atoms with Crippen molar-refractivity contribution in [3.05, 3.63) is 35.7 Å². The van der Waals surface area contributed by atoms with Gasteiger partial charge in [-0.1, -0.05) is 6.07 Å². The normalized spacial score (nSPS) is 10.1. The van der Waals surface area contributed by atoms with E-state index in [9.17, 15) is 0 Å². The molecular weight excluding hydrogens is 202 g/mol. The van der Waals surface area contributed by atoms with Crippen LogP contribution in [0.2, 0.25) is 0 Å². The highest BCUT2D eigenvalue weighted by Gasteiger charge is 2.00. The summed E-state index contributed by atoms with van der Waals surface area (Å²) in [6.07, 6.45) is 1.38. The van der Waals surface area contributed by atoms with Crippen LogP contribution in [0.25, 0.3) is 0 Å². The lowest BCUT2D eigenvalue weighted by Crippen LogP contribution is -2.02. The van der Waals surface area contributed by atoms with Gasteiger partial charge >= 0.3 is 0 Å². The molecule has 0 aliphatic heterocycles.